The topological polar surface area (TPSA) is 110 Å². The second-order valence-corrected chi connectivity index (χ2v) is 11.0. The third-order valence-corrected chi connectivity index (χ3v) is 8.78. The first-order chi connectivity index (χ1) is 20.3. The number of carbonyl (C=O) groups excluding carboxylic acids is 3. The van der Waals surface area contributed by atoms with E-state index in [0.717, 1.165) is 5.56 Å². The molecular formula is C33H22ClN3O5. The van der Waals surface area contributed by atoms with Gasteiger partial charge in [-0.25, -0.2) is 0 Å². The van der Waals surface area contributed by atoms with Gasteiger partial charge in [0.15, 0.2) is 11.6 Å². The Hall–Kier alpha value is -5.08. The summed E-state index contributed by atoms with van der Waals surface area (Å²) in [6.45, 7) is 0. The Labute approximate surface area is 245 Å². The van der Waals surface area contributed by atoms with Crippen molar-refractivity contribution < 1.29 is 19.3 Å². The molecule has 3 aliphatic rings. The summed E-state index contributed by atoms with van der Waals surface area (Å²) in [4.78, 5) is 56.6. The van der Waals surface area contributed by atoms with Crippen molar-refractivity contribution in [2.24, 2.45) is 5.92 Å². The molecule has 9 heteroatoms. The van der Waals surface area contributed by atoms with Crippen LogP contribution in [0.4, 0.5) is 17.1 Å². The standard InChI is InChI=1S/C33H22ClN3O5/c34-22-14-15-26-20(17-22)13-16-27-33(24-11-4-5-12-25(24)35-32(33)40)28(30(38)21-9-6-10-23(18-21)37(41)42)29(36(26)27)31(39)19-7-2-1-3-8-19/h1-18,27-29H,(H,35,40)/t27-,28+,29-,33+/m0/s1. The van der Waals surface area contributed by atoms with Gasteiger partial charge in [-0.2, -0.15) is 0 Å². The lowest BCUT2D eigenvalue weighted by Gasteiger charge is -2.37. The first-order valence-corrected chi connectivity index (χ1v) is 13.7. The SMILES string of the molecule is O=C(c1ccccc1)[C@@H]1[C@H](C(=O)c2cccc([N+](=O)[O-])c2)[C@]2(C(=O)Nc3ccccc32)[C@@H]2C=Cc3cc(Cl)ccc3N12. The van der Waals surface area contributed by atoms with Crippen molar-refractivity contribution in [3.63, 3.8) is 0 Å². The Morgan fingerprint density at radius 3 is 2.40 bits per heavy atom. The predicted octanol–water partition coefficient (Wildman–Crippen LogP) is 6.10. The third-order valence-electron chi connectivity index (χ3n) is 8.55. The van der Waals surface area contributed by atoms with Crippen molar-refractivity contribution in [3.8, 4) is 0 Å². The quantitative estimate of drug-likeness (QED) is 0.175. The molecule has 0 aromatic heterocycles. The maximum absolute atomic E-state index is 14.8. The number of nitrogens with one attached hydrogen (secondary N) is 1. The summed E-state index contributed by atoms with van der Waals surface area (Å²) >= 11 is 6.33. The largest absolute Gasteiger partial charge is 0.352 e. The second kappa shape index (κ2) is 9.49. The van der Waals surface area contributed by atoms with Crippen LogP contribution in [0.15, 0.2) is 103 Å². The highest BCUT2D eigenvalue weighted by Gasteiger charge is 2.70. The number of anilines is 2. The maximum Gasteiger partial charge on any atom is 0.270 e. The van der Waals surface area contributed by atoms with Gasteiger partial charge in [0.2, 0.25) is 5.91 Å². The van der Waals surface area contributed by atoms with Gasteiger partial charge in [0.1, 0.15) is 11.5 Å². The fraction of sp³-hybridized carbons (Fsp3) is 0.121. The van der Waals surface area contributed by atoms with Crippen LogP contribution in [0.25, 0.3) is 6.08 Å². The van der Waals surface area contributed by atoms with Gasteiger partial charge in [-0.05, 0) is 35.4 Å². The molecule has 8 nitrogen and oxygen atoms in total. The van der Waals surface area contributed by atoms with E-state index in [4.69, 9.17) is 11.6 Å². The van der Waals surface area contributed by atoms with E-state index in [9.17, 15) is 24.5 Å². The zero-order chi connectivity index (χ0) is 29.2. The molecule has 0 saturated carbocycles. The van der Waals surface area contributed by atoms with Crippen LogP contribution >= 0.6 is 11.6 Å². The van der Waals surface area contributed by atoms with Crippen LogP contribution in [0.1, 0.15) is 31.8 Å². The van der Waals surface area contributed by atoms with Crippen molar-refractivity contribution in [3.05, 3.63) is 141 Å². The number of non-ortho nitro benzene ring substituents is 1. The number of carbonyl (C=O) groups is 3. The van der Waals surface area contributed by atoms with Crippen molar-refractivity contribution in [1.29, 1.82) is 0 Å². The predicted molar refractivity (Wildman–Crippen MR) is 159 cm³/mol. The number of fused-ring (bicyclic) bond motifs is 6. The van der Waals surface area contributed by atoms with Gasteiger partial charge in [0.25, 0.3) is 5.69 Å². The molecule has 42 heavy (non-hydrogen) atoms. The average molecular weight is 576 g/mol. The Bertz CT molecular complexity index is 1860. The summed E-state index contributed by atoms with van der Waals surface area (Å²) in [6, 6.07) is 24.7. The first-order valence-electron chi connectivity index (χ1n) is 13.4. The van der Waals surface area contributed by atoms with Gasteiger partial charge in [-0.3, -0.25) is 24.5 Å². The second-order valence-electron chi connectivity index (χ2n) is 10.6. The van der Waals surface area contributed by atoms with Gasteiger partial charge in [-0.15, -0.1) is 0 Å². The summed E-state index contributed by atoms with van der Waals surface area (Å²) in [5.41, 5.74) is 1.22. The molecule has 206 valence electrons. The molecule has 0 bridgehead atoms. The number of para-hydroxylation sites is 1. The molecule has 1 spiro atoms. The van der Waals surface area contributed by atoms with Crippen molar-refractivity contribution in [1.82, 2.24) is 0 Å². The van der Waals surface area contributed by atoms with E-state index in [2.05, 4.69) is 5.32 Å². The molecule has 7 rings (SSSR count). The van der Waals surface area contributed by atoms with Crippen molar-refractivity contribution in [2.45, 2.75) is 17.5 Å². The molecule has 4 aromatic rings. The van der Waals surface area contributed by atoms with Crippen LogP contribution in [-0.4, -0.2) is 34.5 Å². The van der Waals surface area contributed by atoms with Gasteiger partial charge in [0.05, 0.1) is 16.9 Å². The highest BCUT2D eigenvalue weighted by molar-refractivity contribution is 6.31. The summed E-state index contributed by atoms with van der Waals surface area (Å²) in [7, 11) is 0. The summed E-state index contributed by atoms with van der Waals surface area (Å²) in [6.07, 6.45) is 3.72. The van der Waals surface area contributed by atoms with E-state index in [1.807, 2.05) is 17.1 Å². The Kier molecular flexibility index (Phi) is 5.85. The normalized spacial score (nSPS) is 23.2. The van der Waals surface area contributed by atoms with Crippen LogP contribution in [0.5, 0.6) is 0 Å². The van der Waals surface area contributed by atoms with E-state index in [1.165, 1.54) is 24.3 Å². The molecule has 0 unspecified atom stereocenters. The van der Waals surface area contributed by atoms with Gasteiger partial charge < -0.3 is 10.2 Å². The van der Waals surface area contributed by atoms with Crippen molar-refractivity contribution >= 4 is 52.2 Å². The number of nitrogens with zero attached hydrogens (tertiary/aromatic N) is 2. The maximum atomic E-state index is 14.8. The summed E-state index contributed by atoms with van der Waals surface area (Å²) in [5, 5.41) is 15.1. The molecule has 0 aliphatic carbocycles. The highest BCUT2D eigenvalue weighted by atomic mass is 35.5. The van der Waals surface area contributed by atoms with E-state index in [0.29, 0.717) is 27.5 Å². The molecule has 1 N–H and O–H groups in total. The number of nitro benzene ring substituents is 1. The van der Waals surface area contributed by atoms with Crippen molar-refractivity contribution in [2.75, 3.05) is 10.2 Å². The number of amides is 1. The van der Waals surface area contributed by atoms with Crippen LogP contribution in [0.3, 0.4) is 0 Å². The average Bonchev–Trinajstić information content (AvgIpc) is 3.49. The molecule has 1 amide bonds. The Morgan fingerprint density at radius 1 is 0.881 bits per heavy atom. The lowest BCUT2D eigenvalue weighted by atomic mass is 9.64. The Balaban J connectivity index is 1.54. The number of hydrogen-bond donors (Lipinski definition) is 1. The van der Waals surface area contributed by atoms with Gasteiger partial charge >= 0.3 is 0 Å². The molecule has 1 saturated heterocycles. The minimum Gasteiger partial charge on any atom is -0.352 e. The first kappa shape index (κ1) is 25.9. The number of ketones is 2. The van der Waals surface area contributed by atoms with Gasteiger partial charge in [-0.1, -0.05) is 84.4 Å². The van der Waals surface area contributed by atoms with E-state index in [-0.39, 0.29) is 17.0 Å². The summed E-state index contributed by atoms with van der Waals surface area (Å²) in [5.74, 6) is -2.51. The fourth-order valence-electron chi connectivity index (χ4n) is 6.88. The van der Waals surface area contributed by atoms with Crippen LogP contribution in [-0.2, 0) is 10.2 Å². The minimum absolute atomic E-state index is 0.0526. The molecule has 0 radical (unpaired) electrons. The number of hydrogen-bond acceptors (Lipinski definition) is 6. The number of halogens is 1. The number of nitro groups is 1. The van der Waals surface area contributed by atoms with E-state index < -0.39 is 40.0 Å². The molecule has 4 atom stereocenters. The zero-order valence-electron chi connectivity index (χ0n) is 21.9. The molecule has 4 aromatic carbocycles. The zero-order valence-corrected chi connectivity index (χ0v) is 22.7. The van der Waals surface area contributed by atoms with Gasteiger partial charge in [0, 0.05) is 39.7 Å². The number of Topliss-reactive ketones (excluding diaryl/α,β-unsaturated/α-hetero) is 2. The highest BCUT2D eigenvalue weighted by Crippen LogP contribution is 2.58. The summed E-state index contributed by atoms with van der Waals surface area (Å²) < 4.78 is 0. The number of benzene rings is 4. The molecule has 3 aliphatic heterocycles. The van der Waals surface area contributed by atoms with Crippen LogP contribution in [0.2, 0.25) is 5.02 Å². The lowest BCUT2D eigenvalue weighted by molar-refractivity contribution is -0.384. The van der Waals surface area contributed by atoms with E-state index in [1.54, 1.807) is 72.8 Å². The monoisotopic (exact) mass is 575 g/mol. The molecule has 1 fully saturated rings. The lowest BCUT2D eigenvalue weighted by Crippen LogP contribution is -2.51. The number of rotatable bonds is 5. The fourth-order valence-corrected chi connectivity index (χ4v) is 7.06. The van der Waals surface area contributed by atoms with Crippen LogP contribution < -0.4 is 10.2 Å². The molecular weight excluding hydrogens is 554 g/mol. The molecule has 3 heterocycles. The minimum atomic E-state index is -1.51. The third kappa shape index (κ3) is 3.58. The smallest absolute Gasteiger partial charge is 0.270 e. The Morgan fingerprint density at radius 2 is 1.62 bits per heavy atom. The van der Waals surface area contributed by atoms with Crippen LogP contribution in [0, 0.1) is 16.0 Å². The van der Waals surface area contributed by atoms with E-state index >= 15 is 0 Å².